The number of nitrogens with zero attached hydrogens (tertiary/aromatic N) is 3. The fourth-order valence-corrected chi connectivity index (χ4v) is 5.08. The number of thioether (sulfide) groups is 1. The van der Waals surface area contributed by atoms with E-state index in [-0.39, 0.29) is 17.5 Å². The summed E-state index contributed by atoms with van der Waals surface area (Å²) >= 11 is 2.43. The molecule has 0 saturated heterocycles. The number of thiazole rings is 1. The van der Waals surface area contributed by atoms with Crippen molar-refractivity contribution < 1.29 is 13.5 Å². The first-order chi connectivity index (χ1) is 13.2. The molecule has 2 N–H and O–H groups in total. The van der Waals surface area contributed by atoms with Crippen molar-refractivity contribution in [2.24, 2.45) is 0 Å². The molecule has 0 fully saturated rings. The van der Waals surface area contributed by atoms with Crippen LogP contribution >= 0.6 is 23.1 Å². The van der Waals surface area contributed by atoms with Gasteiger partial charge in [-0.25, -0.2) is 18.4 Å². The molecule has 0 spiro atoms. The van der Waals surface area contributed by atoms with Gasteiger partial charge >= 0.3 is 4.87 Å². The number of fused-ring (bicyclic) bond motifs is 1. The zero-order valence-corrected chi connectivity index (χ0v) is 18.0. The average Bonchev–Trinajstić information content (AvgIpc) is 2.93. The Labute approximate surface area is 170 Å². The Balaban J connectivity index is 1.82. The molecule has 0 unspecified atom stereocenters. The molecule has 1 atom stereocenters. The van der Waals surface area contributed by atoms with Crippen molar-refractivity contribution in [3.05, 3.63) is 45.2 Å². The van der Waals surface area contributed by atoms with E-state index < -0.39 is 9.84 Å². The molecule has 28 heavy (non-hydrogen) atoms. The van der Waals surface area contributed by atoms with Crippen molar-refractivity contribution in [3.8, 4) is 0 Å². The van der Waals surface area contributed by atoms with Gasteiger partial charge in [0.1, 0.15) is 0 Å². The van der Waals surface area contributed by atoms with Crippen molar-refractivity contribution in [1.29, 1.82) is 0 Å². The molecule has 0 amide bonds. The van der Waals surface area contributed by atoms with E-state index in [1.165, 1.54) is 22.7 Å². The average molecular weight is 441 g/mol. The molecule has 2 aromatic heterocycles. The van der Waals surface area contributed by atoms with E-state index in [0.717, 1.165) is 16.9 Å². The van der Waals surface area contributed by atoms with Gasteiger partial charge in [-0.1, -0.05) is 35.2 Å². The molecule has 0 aliphatic carbocycles. The summed E-state index contributed by atoms with van der Waals surface area (Å²) in [4.78, 5) is 21.0. The lowest BCUT2D eigenvalue weighted by molar-refractivity contribution is 0.275. The van der Waals surface area contributed by atoms with E-state index >= 15 is 0 Å². The molecule has 0 aliphatic heterocycles. The molecule has 3 aromatic rings. The van der Waals surface area contributed by atoms with Gasteiger partial charge in [0.05, 0.1) is 28.4 Å². The Kier molecular flexibility index (Phi) is 6.08. The first-order valence-corrected chi connectivity index (χ1v) is 12.1. The topological polar surface area (TPSA) is 114 Å². The SMILES string of the molecule is Cc1cc(CSc2ncc3sc(=O)n(N[C@H](C)CO)c3n2)ccc1S(C)(=O)=O. The van der Waals surface area contributed by atoms with Gasteiger partial charge in [0.2, 0.25) is 0 Å². The number of hydrogen-bond donors (Lipinski definition) is 2. The zero-order valence-electron chi connectivity index (χ0n) is 15.5. The standard InChI is InChI=1S/C17H20N4O4S3/c1-10-6-12(4-5-14(10)28(3,24)25)9-26-16-18-7-13-15(19-16)21(17(23)27-13)20-11(2)8-22/h4-7,11,20,22H,8-9H2,1-3H3/t11-/m1/s1. The molecule has 0 aliphatic rings. The molecule has 11 heteroatoms. The van der Waals surface area contributed by atoms with Crippen molar-refractivity contribution >= 4 is 43.3 Å². The van der Waals surface area contributed by atoms with Crippen LogP contribution in [0.3, 0.4) is 0 Å². The third-order valence-corrected chi connectivity index (χ3v) is 6.99. The summed E-state index contributed by atoms with van der Waals surface area (Å²) in [5, 5.41) is 9.71. The second-order valence-electron chi connectivity index (χ2n) is 6.42. The molecular weight excluding hydrogens is 420 g/mol. The second kappa shape index (κ2) is 8.19. The normalized spacial score (nSPS) is 13.0. The van der Waals surface area contributed by atoms with E-state index in [0.29, 0.717) is 31.7 Å². The Hall–Kier alpha value is -1.95. The van der Waals surface area contributed by atoms with E-state index in [4.69, 9.17) is 0 Å². The number of hydrogen-bond acceptors (Lipinski definition) is 9. The number of aliphatic hydroxyl groups excluding tert-OH is 1. The predicted molar refractivity (Wildman–Crippen MR) is 111 cm³/mol. The Morgan fingerprint density at radius 3 is 2.79 bits per heavy atom. The van der Waals surface area contributed by atoms with E-state index in [9.17, 15) is 18.3 Å². The number of aromatic nitrogens is 3. The minimum atomic E-state index is -3.24. The van der Waals surface area contributed by atoms with Crippen LogP contribution in [0.25, 0.3) is 10.3 Å². The van der Waals surface area contributed by atoms with Gasteiger partial charge < -0.3 is 10.5 Å². The smallest absolute Gasteiger partial charge is 0.328 e. The third kappa shape index (κ3) is 4.54. The Morgan fingerprint density at radius 1 is 1.39 bits per heavy atom. The minimum absolute atomic E-state index is 0.112. The fraction of sp³-hybridized carbons (Fsp3) is 0.353. The summed E-state index contributed by atoms with van der Waals surface area (Å²) < 4.78 is 25.4. The summed E-state index contributed by atoms with van der Waals surface area (Å²) in [6.07, 6.45) is 2.80. The summed E-state index contributed by atoms with van der Waals surface area (Å²) in [5.41, 5.74) is 5.04. The highest BCUT2D eigenvalue weighted by Crippen LogP contribution is 2.24. The number of benzene rings is 1. The molecule has 0 saturated carbocycles. The lowest BCUT2D eigenvalue weighted by Gasteiger charge is -2.12. The first-order valence-electron chi connectivity index (χ1n) is 8.37. The van der Waals surface area contributed by atoms with Crippen LogP contribution in [0.5, 0.6) is 0 Å². The zero-order chi connectivity index (χ0) is 20.5. The maximum atomic E-state index is 12.1. The molecular formula is C17H20N4O4S3. The van der Waals surface area contributed by atoms with Gasteiger partial charge in [-0.2, -0.15) is 4.68 Å². The van der Waals surface area contributed by atoms with Gasteiger partial charge in [0.15, 0.2) is 20.6 Å². The van der Waals surface area contributed by atoms with E-state index in [1.54, 1.807) is 32.2 Å². The molecule has 1 aromatic carbocycles. The number of aryl methyl sites for hydroxylation is 1. The highest BCUT2D eigenvalue weighted by atomic mass is 32.2. The third-order valence-electron chi connectivity index (χ3n) is 3.94. The van der Waals surface area contributed by atoms with Crippen LogP contribution in [0.2, 0.25) is 0 Å². The van der Waals surface area contributed by atoms with Crippen molar-refractivity contribution in [2.75, 3.05) is 18.3 Å². The highest BCUT2D eigenvalue weighted by Gasteiger charge is 2.14. The molecule has 0 radical (unpaired) electrons. The minimum Gasteiger partial charge on any atom is -0.394 e. The van der Waals surface area contributed by atoms with Gasteiger partial charge in [-0.05, 0) is 31.0 Å². The van der Waals surface area contributed by atoms with Crippen LogP contribution in [0.1, 0.15) is 18.1 Å². The lowest BCUT2D eigenvalue weighted by atomic mass is 10.2. The largest absolute Gasteiger partial charge is 0.394 e. The Bertz CT molecular complexity index is 1170. The van der Waals surface area contributed by atoms with Crippen LogP contribution in [0.15, 0.2) is 39.2 Å². The number of nitrogens with one attached hydrogen (secondary N) is 1. The quantitative estimate of drug-likeness (QED) is 0.422. The van der Waals surface area contributed by atoms with Crippen LogP contribution in [0, 0.1) is 6.92 Å². The number of sulfone groups is 1. The van der Waals surface area contributed by atoms with Crippen molar-refractivity contribution in [3.63, 3.8) is 0 Å². The molecule has 2 heterocycles. The summed E-state index contributed by atoms with van der Waals surface area (Å²) in [7, 11) is -3.24. The summed E-state index contributed by atoms with van der Waals surface area (Å²) in [6.45, 7) is 3.42. The van der Waals surface area contributed by atoms with Gasteiger partial charge in [-0.15, -0.1) is 0 Å². The molecule has 150 valence electrons. The predicted octanol–water partition coefficient (Wildman–Crippen LogP) is 1.78. The first kappa shape index (κ1) is 20.8. The second-order valence-corrected chi connectivity index (χ2v) is 10.3. The van der Waals surface area contributed by atoms with Crippen LogP contribution in [-0.4, -0.2) is 47.1 Å². The molecule has 8 nitrogen and oxygen atoms in total. The van der Waals surface area contributed by atoms with Gasteiger partial charge in [0.25, 0.3) is 0 Å². The lowest BCUT2D eigenvalue weighted by Crippen LogP contribution is -2.33. The monoisotopic (exact) mass is 440 g/mol. The maximum absolute atomic E-state index is 12.1. The summed E-state index contributed by atoms with van der Waals surface area (Å²) in [6, 6.07) is 4.94. The van der Waals surface area contributed by atoms with E-state index in [2.05, 4.69) is 15.4 Å². The van der Waals surface area contributed by atoms with Crippen molar-refractivity contribution in [2.45, 2.75) is 35.7 Å². The maximum Gasteiger partial charge on any atom is 0.328 e. The fourth-order valence-electron chi connectivity index (χ4n) is 2.61. The Morgan fingerprint density at radius 2 is 2.14 bits per heavy atom. The van der Waals surface area contributed by atoms with Crippen LogP contribution < -0.4 is 10.3 Å². The van der Waals surface area contributed by atoms with Gasteiger partial charge in [0, 0.05) is 12.0 Å². The van der Waals surface area contributed by atoms with Crippen LogP contribution in [0.4, 0.5) is 0 Å². The number of aliphatic hydroxyl groups is 1. The van der Waals surface area contributed by atoms with Gasteiger partial charge in [-0.3, -0.25) is 4.79 Å². The molecule has 0 bridgehead atoms. The number of rotatable bonds is 7. The highest BCUT2D eigenvalue weighted by molar-refractivity contribution is 7.98. The van der Waals surface area contributed by atoms with Crippen molar-refractivity contribution in [1.82, 2.24) is 14.6 Å². The van der Waals surface area contributed by atoms with E-state index in [1.807, 2.05) is 6.07 Å². The van der Waals surface area contributed by atoms with Crippen LogP contribution in [-0.2, 0) is 15.6 Å². The summed E-state index contributed by atoms with van der Waals surface area (Å²) in [5.74, 6) is 0.561. The molecule has 3 rings (SSSR count).